The fraction of sp³-hybridized carbons (Fsp3) is 0.235. The molecule has 2 rings (SSSR count). The Morgan fingerprint density at radius 3 is 2.36 bits per heavy atom. The van der Waals surface area contributed by atoms with Crippen LogP contribution in [-0.4, -0.2) is 29.5 Å². The fourth-order valence-corrected chi connectivity index (χ4v) is 3.16. The molecule has 0 aliphatic heterocycles. The summed E-state index contributed by atoms with van der Waals surface area (Å²) >= 11 is 1.28. The molecule has 0 radical (unpaired) electrons. The highest BCUT2D eigenvalue weighted by Crippen LogP contribution is 2.32. The second-order valence-electron chi connectivity index (χ2n) is 5.34. The Balaban J connectivity index is 2.01. The van der Waals surface area contributed by atoms with Gasteiger partial charge in [0.2, 0.25) is 5.91 Å². The maximum atomic E-state index is 12.3. The van der Waals surface area contributed by atoms with Crippen molar-refractivity contribution in [3.8, 4) is 5.75 Å². The normalized spacial score (nSPS) is 10.2. The molecule has 2 amide bonds. The maximum absolute atomic E-state index is 12.3. The van der Waals surface area contributed by atoms with Crippen LogP contribution in [0.25, 0.3) is 0 Å². The summed E-state index contributed by atoms with van der Waals surface area (Å²) in [5, 5.41) is 14.8. The summed E-state index contributed by atoms with van der Waals surface area (Å²) in [5.41, 5.74) is 1.44. The van der Waals surface area contributed by atoms with Crippen LogP contribution in [0.2, 0.25) is 0 Å². The SMILES string of the molecule is CC(=O)Nc1sc(C)c(C)c1C(=O)OCC(=O)Nc1ccc(O)cc1. The van der Waals surface area contributed by atoms with Crippen LogP contribution in [0.5, 0.6) is 5.75 Å². The molecule has 0 bridgehead atoms. The summed E-state index contributed by atoms with van der Waals surface area (Å²) in [6.45, 7) is 4.47. The summed E-state index contributed by atoms with van der Waals surface area (Å²) < 4.78 is 5.06. The van der Waals surface area contributed by atoms with Gasteiger partial charge in [0.25, 0.3) is 5.91 Å². The quantitative estimate of drug-likeness (QED) is 0.560. The molecular formula is C17H18N2O5S. The van der Waals surface area contributed by atoms with Crippen molar-refractivity contribution in [3.05, 3.63) is 40.3 Å². The van der Waals surface area contributed by atoms with Gasteiger partial charge in [-0.05, 0) is 43.7 Å². The average Bonchev–Trinajstić information content (AvgIpc) is 2.81. The molecule has 1 aromatic heterocycles. The van der Waals surface area contributed by atoms with Gasteiger partial charge in [-0.3, -0.25) is 9.59 Å². The zero-order chi connectivity index (χ0) is 18.6. The van der Waals surface area contributed by atoms with E-state index in [0.717, 1.165) is 4.88 Å². The Kier molecular flexibility index (Phi) is 5.76. The van der Waals surface area contributed by atoms with Crippen molar-refractivity contribution >= 4 is 39.8 Å². The number of hydrogen-bond donors (Lipinski definition) is 3. The fourth-order valence-electron chi connectivity index (χ4n) is 2.07. The molecule has 0 saturated carbocycles. The van der Waals surface area contributed by atoms with Gasteiger partial charge >= 0.3 is 5.97 Å². The first kappa shape index (κ1) is 18.5. The van der Waals surface area contributed by atoms with Crippen molar-refractivity contribution in [1.82, 2.24) is 0 Å². The number of esters is 1. The molecule has 132 valence electrons. The van der Waals surface area contributed by atoms with Crippen LogP contribution in [-0.2, 0) is 14.3 Å². The number of aryl methyl sites for hydroxylation is 1. The number of phenolic OH excluding ortho intramolecular Hbond substituents is 1. The third-order valence-corrected chi connectivity index (χ3v) is 4.49. The summed E-state index contributed by atoms with van der Waals surface area (Å²) in [6, 6.07) is 5.91. The molecule has 7 nitrogen and oxygen atoms in total. The van der Waals surface area contributed by atoms with Crippen molar-refractivity contribution in [3.63, 3.8) is 0 Å². The number of phenols is 1. The molecule has 0 unspecified atom stereocenters. The van der Waals surface area contributed by atoms with Gasteiger partial charge in [-0.1, -0.05) is 0 Å². The number of thiophene rings is 1. The molecule has 1 aromatic carbocycles. The Morgan fingerprint density at radius 2 is 1.76 bits per heavy atom. The third-order valence-electron chi connectivity index (χ3n) is 3.36. The third kappa shape index (κ3) is 4.80. The molecule has 25 heavy (non-hydrogen) atoms. The molecule has 0 atom stereocenters. The van der Waals surface area contributed by atoms with Gasteiger partial charge in [0.15, 0.2) is 6.61 Å². The van der Waals surface area contributed by atoms with Crippen LogP contribution in [0.4, 0.5) is 10.7 Å². The number of carbonyl (C=O) groups is 3. The Hall–Kier alpha value is -2.87. The van der Waals surface area contributed by atoms with E-state index in [1.807, 2.05) is 6.92 Å². The lowest BCUT2D eigenvalue weighted by Gasteiger charge is -2.08. The standard InChI is InChI=1S/C17H18N2O5S/c1-9-10(2)25-16(18-11(3)20)15(9)17(23)24-8-14(22)19-12-4-6-13(21)7-5-12/h4-7,21H,8H2,1-3H3,(H,18,20)(H,19,22). The van der Waals surface area contributed by atoms with Crippen LogP contribution in [0.3, 0.4) is 0 Å². The highest BCUT2D eigenvalue weighted by atomic mass is 32.1. The van der Waals surface area contributed by atoms with E-state index in [1.54, 1.807) is 6.92 Å². The lowest BCUT2D eigenvalue weighted by molar-refractivity contribution is -0.119. The minimum Gasteiger partial charge on any atom is -0.508 e. The van der Waals surface area contributed by atoms with Crippen LogP contribution in [0, 0.1) is 13.8 Å². The van der Waals surface area contributed by atoms with Gasteiger partial charge in [-0.15, -0.1) is 11.3 Å². The van der Waals surface area contributed by atoms with E-state index in [1.165, 1.54) is 42.5 Å². The average molecular weight is 362 g/mol. The number of nitrogens with one attached hydrogen (secondary N) is 2. The molecule has 0 aliphatic carbocycles. The van der Waals surface area contributed by atoms with Crippen molar-refractivity contribution < 1.29 is 24.2 Å². The topological polar surface area (TPSA) is 105 Å². The predicted molar refractivity (Wildman–Crippen MR) is 95.1 cm³/mol. The highest BCUT2D eigenvalue weighted by Gasteiger charge is 2.22. The number of ether oxygens (including phenoxy) is 1. The number of amides is 2. The molecule has 2 aromatic rings. The monoisotopic (exact) mass is 362 g/mol. The number of hydrogen-bond acceptors (Lipinski definition) is 6. The minimum absolute atomic E-state index is 0.0817. The number of carbonyl (C=O) groups excluding carboxylic acids is 3. The highest BCUT2D eigenvalue weighted by molar-refractivity contribution is 7.16. The zero-order valence-corrected chi connectivity index (χ0v) is 14.8. The molecule has 3 N–H and O–H groups in total. The van der Waals surface area contributed by atoms with Crippen LogP contribution >= 0.6 is 11.3 Å². The van der Waals surface area contributed by atoms with E-state index >= 15 is 0 Å². The summed E-state index contributed by atoms with van der Waals surface area (Å²) in [5.74, 6) is -1.39. The number of aromatic hydroxyl groups is 1. The molecule has 0 saturated heterocycles. The Labute approximate surface area is 148 Å². The first-order chi connectivity index (χ1) is 11.8. The molecule has 1 heterocycles. The van der Waals surface area contributed by atoms with E-state index in [0.29, 0.717) is 16.3 Å². The summed E-state index contributed by atoms with van der Waals surface area (Å²) in [7, 11) is 0. The first-order valence-corrected chi connectivity index (χ1v) is 8.23. The molecule has 8 heteroatoms. The van der Waals surface area contributed by atoms with Crippen LogP contribution in [0.1, 0.15) is 27.7 Å². The largest absolute Gasteiger partial charge is 0.508 e. The number of benzene rings is 1. The smallest absolute Gasteiger partial charge is 0.341 e. The van der Waals surface area contributed by atoms with Crippen LogP contribution in [0.15, 0.2) is 24.3 Å². The van der Waals surface area contributed by atoms with Gasteiger partial charge in [0.1, 0.15) is 10.8 Å². The van der Waals surface area contributed by atoms with E-state index < -0.39 is 18.5 Å². The van der Waals surface area contributed by atoms with Gasteiger partial charge in [0, 0.05) is 17.5 Å². The second-order valence-corrected chi connectivity index (χ2v) is 6.56. The summed E-state index contributed by atoms with van der Waals surface area (Å²) in [6.07, 6.45) is 0. The van der Waals surface area contributed by atoms with Crippen molar-refractivity contribution in [2.24, 2.45) is 0 Å². The molecule has 0 spiro atoms. The second kappa shape index (κ2) is 7.80. The van der Waals surface area contributed by atoms with E-state index in [-0.39, 0.29) is 17.2 Å². The van der Waals surface area contributed by atoms with E-state index in [9.17, 15) is 19.5 Å². The lowest BCUT2D eigenvalue weighted by Crippen LogP contribution is -2.21. The van der Waals surface area contributed by atoms with Crippen molar-refractivity contribution in [1.29, 1.82) is 0 Å². The van der Waals surface area contributed by atoms with E-state index in [2.05, 4.69) is 10.6 Å². The molecule has 0 aliphatic rings. The van der Waals surface area contributed by atoms with Crippen molar-refractivity contribution in [2.45, 2.75) is 20.8 Å². The maximum Gasteiger partial charge on any atom is 0.341 e. The van der Waals surface area contributed by atoms with Gasteiger partial charge < -0.3 is 20.5 Å². The Morgan fingerprint density at radius 1 is 1.12 bits per heavy atom. The van der Waals surface area contributed by atoms with Gasteiger partial charge in [0.05, 0.1) is 5.56 Å². The van der Waals surface area contributed by atoms with Gasteiger partial charge in [-0.2, -0.15) is 0 Å². The predicted octanol–water partition coefficient (Wildman–Crippen LogP) is 2.82. The first-order valence-electron chi connectivity index (χ1n) is 7.41. The molecule has 0 fully saturated rings. The minimum atomic E-state index is -0.675. The van der Waals surface area contributed by atoms with Crippen LogP contribution < -0.4 is 10.6 Å². The van der Waals surface area contributed by atoms with E-state index in [4.69, 9.17) is 4.74 Å². The number of rotatable bonds is 5. The lowest BCUT2D eigenvalue weighted by atomic mass is 10.1. The van der Waals surface area contributed by atoms with Gasteiger partial charge in [-0.25, -0.2) is 4.79 Å². The zero-order valence-electron chi connectivity index (χ0n) is 14.0. The summed E-state index contributed by atoms with van der Waals surface area (Å²) in [4.78, 5) is 36.3. The molecular weight excluding hydrogens is 344 g/mol. The number of anilines is 2. The Bertz CT molecular complexity index is 811. The van der Waals surface area contributed by atoms with Crippen molar-refractivity contribution in [2.75, 3.05) is 17.2 Å².